The highest BCUT2D eigenvalue weighted by Crippen LogP contribution is 2.18. The van der Waals surface area contributed by atoms with Crippen LogP contribution in [0.1, 0.15) is 34.1 Å². The SMILES string of the molecule is C=C(C)C/C(=C/C)SC.CC. The molecular weight excluding hydrogens is 152 g/mol. The molecule has 0 aromatic rings. The lowest BCUT2D eigenvalue weighted by molar-refractivity contribution is 1.20. The molecule has 0 aliphatic heterocycles. The molecule has 0 rings (SSSR count). The molecule has 0 saturated carbocycles. The maximum Gasteiger partial charge on any atom is -0.00158 e. The minimum Gasteiger partial charge on any atom is -0.134 e. The molecule has 0 unspecified atom stereocenters. The van der Waals surface area contributed by atoms with E-state index in [0.717, 1.165) is 6.42 Å². The summed E-state index contributed by atoms with van der Waals surface area (Å²) < 4.78 is 0. The quantitative estimate of drug-likeness (QED) is 0.574. The molecule has 0 N–H and O–H groups in total. The highest BCUT2D eigenvalue weighted by Gasteiger charge is 1.91. The Morgan fingerprint density at radius 3 is 2.00 bits per heavy atom. The summed E-state index contributed by atoms with van der Waals surface area (Å²) >= 11 is 1.80. The van der Waals surface area contributed by atoms with Crippen molar-refractivity contribution >= 4 is 11.8 Å². The van der Waals surface area contributed by atoms with Crippen molar-refractivity contribution in [3.8, 4) is 0 Å². The van der Waals surface area contributed by atoms with E-state index in [1.807, 2.05) is 13.8 Å². The van der Waals surface area contributed by atoms with E-state index in [1.54, 1.807) is 11.8 Å². The molecule has 0 aromatic heterocycles. The third-order valence-electron chi connectivity index (χ3n) is 1.06. The first kappa shape index (κ1) is 13.4. The summed E-state index contributed by atoms with van der Waals surface area (Å²) in [5.74, 6) is 0. The van der Waals surface area contributed by atoms with Gasteiger partial charge in [0, 0.05) is 0 Å². The topological polar surface area (TPSA) is 0 Å². The zero-order chi connectivity index (χ0) is 9.28. The molecule has 0 aromatic carbocycles. The molecule has 0 nitrogen and oxygen atoms in total. The first-order valence-electron chi connectivity index (χ1n) is 4.04. The molecule has 0 amide bonds. The summed E-state index contributed by atoms with van der Waals surface area (Å²) in [6, 6.07) is 0. The standard InChI is InChI=1S/C8H14S.C2H6/c1-5-8(9-4)6-7(2)3;1-2/h5H,2,6H2,1,3-4H3;1-2H3/b8-5-;. The van der Waals surface area contributed by atoms with Gasteiger partial charge >= 0.3 is 0 Å². The highest BCUT2D eigenvalue weighted by molar-refractivity contribution is 8.02. The van der Waals surface area contributed by atoms with Crippen molar-refractivity contribution in [3.63, 3.8) is 0 Å². The van der Waals surface area contributed by atoms with E-state index in [9.17, 15) is 0 Å². The molecule has 0 heterocycles. The van der Waals surface area contributed by atoms with Crippen LogP contribution in [0.4, 0.5) is 0 Å². The zero-order valence-electron chi connectivity index (χ0n) is 8.40. The Hall–Kier alpha value is -0.170. The molecule has 0 radical (unpaired) electrons. The van der Waals surface area contributed by atoms with Crippen LogP contribution in [0.3, 0.4) is 0 Å². The maximum absolute atomic E-state index is 3.84. The predicted octanol–water partition coefficient (Wildman–Crippen LogP) is 4.25. The Labute approximate surface area is 75.8 Å². The van der Waals surface area contributed by atoms with Crippen LogP contribution in [0.2, 0.25) is 0 Å². The molecule has 1 heteroatoms. The van der Waals surface area contributed by atoms with Crippen molar-refractivity contribution < 1.29 is 0 Å². The first-order chi connectivity index (χ1) is 5.20. The molecule has 11 heavy (non-hydrogen) atoms. The van der Waals surface area contributed by atoms with Crippen molar-refractivity contribution in [3.05, 3.63) is 23.1 Å². The van der Waals surface area contributed by atoms with Gasteiger partial charge in [-0.1, -0.05) is 32.1 Å². The zero-order valence-corrected chi connectivity index (χ0v) is 9.22. The summed E-state index contributed by atoms with van der Waals surface area (Å²) in [4.78, 5) is 1.41. The number of hydrogen-bond acceptors (Lipinski definition) is 1. The van der Waals surface area contributed by atoms with Crippen LogP contribution in [0.5, 0.6) is 0 Å². The van der Waals surface area contributed by atoms with Crippen molar-refractivity contribution in [1.82, 2.24) is 0 Å². The maximum atomic E-state index is 3.84. The Morgan fingerprint density at radius 2 is 1.91 bits per heavy atom. The van der Waals surface area contributed by atoms with Gasteiger partial charge in [0.25, 0.3) is 0 Å². The normalized spacial score (nSPS) is 10.1. The third kappa shape index (κ3) is 9.83. The smallest absolute Gasteiger partial charge is 0.00158 e. The number of allylic oxidation sites excluding steroid dienone is 3. The molecule has 0 saturated heterocycles. The number of rotatable bonds is 3. The fourth-order valence-corrected chi connectivity index (χ4v) is 1.22. The molecule has 0 bridgehead atoms. The lowest BCUT2D eigenvalue weighted by Crippen LogP contribution is -1.76. The van der Waals surface area contributed by atoms with Gasteiger partial charge in [-0.25, -0.2) is 0 Å². The van der Waals surface area contributed by atoms with Crippen LogP contribution in [-0.4, -0.2) is 6.26 Å². The fourth-order valence-electron chi connectivity index (χ4n) is 0.590. The van der Waals surface area contributed by atoms with Crippen molar-refractivity contribution in [2.75, 3.05) is 6.26 Å². The summed E-state index contributed by atoms with van der Waals surface area (Å²) in [6.45, 7) is 12.0. The van der Waals surface area contributed by atoms with E-state index in [0.29, 0.717) is 0 Å². The van der Waals surface area contributed by atoms with Gasteiger partial charge < -0.3 is 0 Å². The van der Waals surface area contributed by atoms with Gasteiger partial charge in [-0.3, -0.25) is 0 Å². The van der Waals surface area contributed by atoms with Gasteiger partial charge in [-0.05, 0) is 31.4 Å². The summed E-state index contributed by atoms with van der Waals surface area (Å²) in [5.41, 5.74) is 1.23. The van der Waals surface area contributed by atoms with Gasteiger partial charge in [-0.15, -0.1) is 11.8 Å². The molecule has 0 spiro atoms. The lowest BCUT2D eigenvalue weighted by atomic mass is 10.2. The second kappa shape index (κ2) is 9.83. The van der Waals surface area contributed by atoms with E-state index in [2.05, 4.69) is 32.8 Å². The minimum absolute atomic E-state index is 1.04. The van der Waals surface area contributed by atoms with Crippen LogP contribution in [0.25, 0.3) is 0 Å². The summed E-state index contributed by atoms with van der Waals surface area (Å²) in [6.07, 6.45) is 5.27. The van der Waals surface area contributed by atoms with E-state index in [4.69, 9.17) is 0 Å². The minimum atomic E-state index is 1.04. The molecule has 0 atom stereocenters. The number of hydrogen-bond donors (Lipinski definition) is 0. The third-order valence-corrected chi connectivity index (χ3v) is 1.96. The van der Waals surface area contributed by atoms with Crippen LogP contribution in [0, 0.1) is 0 Å². The van der Waals surface area contributed by atoms with E-state index in [-0.39, 0.29) is 0 Å². The van der Waals surface area contributed by atoms with Crippen LogP contribution in [0.15, 0.2) is 23.1 Å². The van der Waals surface area contributed by atoms with Gasteiger partial charge in [0.05, 0.1) is 0 Å². The lowest BCUT2D eigenvalue weighted by Gasteiger charge is -2.00. The van der Waals surface area contributed by atoms with Crippen molar-refractivity contribution in [2.24, 2.45) is 0 Å². The molecular formula is C10H20S. The largest absolute Gasteiger partial charge is 0.134 e. The molecule has 0 aliphatic carbocycles. The molecule has 0 fully saturated rings. The van der Waals surface area contributed by atoms with Gasteiger partial charge in [-0.2, -0.15) is 0 Å². The monoisotopic (exact) mass is 172 g/mol. The Kier molecular flexibility index (Phi) is 12.0. The van der Waals surface area contributed by atoms with Crippen molar-refractivity contribution in [1.29, 1.82) is 0 Å². The molecule has 66 valence electrons. The summed E-state index contributed by atoms with van der Waals surface area (Å²) in [7, 11) is 0. The highest BCUT2D eigenvalue weighted by atomic mass is 32.2. The Balaban J connectivity index is 0. The Bertz CT molecular complexity index is 123. The summed E-state index contributed by atoms with van der Waals surface area (Å²) in [5, 5.41) is 0. The van der Waals surface area contributed by atoms with E-state index >= 15 is 0 Å². The van der Waals surface area contributed by atoms with Gasteiger partial charge in [0.2, 0.25) is 0 Å². The number of thioether (sulfide) groups is 1. The van der Waals surface area contributed by atoms with E-state index < -0.39 is 0 Å². The predicted molar refractivity (Wildman–Crippen MR) is 58.1 cm³/mol. The van der Waals surface area contributed by atoms with Gasteiger partial charge in [0.1, 0.15) is 0 Å². The van der Waals surface area contributed by atoms with Crippen LogP contribution in [-0.2, 0) is 0 Å². The molecule has 0 aliphatic rings. The second-order valence-electron chi connectivity index (χ2n) is 2.09. The first-order valence-corrected chi connectivity index (χ1v) is 5.26. The fraction of sp³-hybridized carbons (Fsp3) is 0.600. The van der Waals surface area contributed by atoms with Crippen LogP contribution < -0.4 is 0 Å². The van der Waals surface area contributed by atoms with Crippen molar-refractivity contribution in [2.45, 2.75) is 34.1 Å². The van der Waals surface area contributed by atoms with Gasteiger partial charge in [0.15, 0.2) is 0 Å². The van der Waals surface area contributed by atoms with Crippen LogP contribution >= 0.6 is 11.8 Å². The average Bonchev–Trinajstić information content (AvgIpc) is 2.03. The average molecular weight is 172 g/mol. The van der Waals surface area contributed by atoms with E-state index in [1.165, 1.54) is 10.5 Å². The Morgan fingerprint density at radius 1 is 1.45 bits per heavy atom. The second-order valence-corrected chi connectivity index (χ2v) is 3.03.